The highest BCUT2D eigenvalue weighted by Gasteiger charge is 2.63. The molecule has 0 radical (unpaired) electrons. The molecule has 1 aromatic carbocycles. The van der Waals surface area contributed by atoms with Crippen molar-refractivity contribution in [2.75, 3.05) is 33.3 Å². The summed E-state index contributed by atoms with van der Waals surface area (Å²) in [6.45, 7) is 5.02. The first-order valence-electron chi connectivity index (χ1n) is 12.4. The normalized spacial score (nSPS) is 32.6. The molecule has 3 fully saturated rings. The third-order valence-corrected chi connectivity index (χ3v) is 8.86. The largest absolute Gasteiger partial charge is 0.497 e. The zero-order chi connectivity index (χ0) is 21.8. The van der Waals surface area contributed by atoms with E-state index in [2.05, 4.69) is 45.1 Å². The second-order valence-electron chi connectivity index (χ2n) is 10.5. The molecular formula is C27H35N3O2. The summed E-state index contributed by atoms with van der Waals surface area (Å²) < 4.78 is 5.63. The van der Waals surface area contributed by atoms with E-state index in [-0.39, 0.29) is 11.5 Å². The number of fused-ring (bicyclic) bond motifs is 1. The van der Waals surface area contributed by atoms with Crippen LogP contribution in [-0.2, 0) is 18.4 Å². The van der Waals surface area contributed by atoms with E-state index in [0.29, 0.717) is 0 Å². The Hall–Kier alpha value is -1.95. The lowest BCUT2D eigenvalue weighted by atomic mass is 9.52. The fourth-order valence-corrected chi connectivity index (χ4v) is 6.91. The molecule has 2 bridgehead atoms. The maximum atomic E-state index is 12.6. The fourth-order valence-electron chi connectivity index (χ4n) is 6.91. The lowest BCUT2D eigenvalue weighted by Gasteiger charge is -2.61. The van der Waals surface area contributed by atoms with Crippen molar-refractivity contribution in [2.24, 2.45) is 5.92 Å². The van der Waals surface area contributed by atoms with Gasteiger partial charge in [0.05, 0.1) is 18.4 Å². The zero-order valence-electron chi connectivity index (χ0n) is 19.2. The van der Waals surface area contributed by atoms with E-state index >= 15 is 0 Å². The first kappa shape index (κ1) is 20.6. The number of pyridine rings is 1. The van der Waals surface area contributed by atoms with Gasteiger partial charge in [-0.3, -0.25) is 14.8 Å². The van der Waals surface area contributed by atoms with Crippen LogP contribution >= 0.6 is 0 Å². The van der Waals surface area contributed by atoms with Gasteiger partial charge < -0.3 is 9.84 Å². The molecular weight excluding hydrogens is 398 g/mol. The molecule has 32 heavy (non-hydrogen) atoms. The number of hydrogen-bond donors (Lipinski definition) is 1. The SMILES string of the molecule is COc1ccc2c(c1)[C@@]13CCN(Cc4ccccn4)CC[C@@]1(O)[C@@H](C2)N(CC1CC1)CC3. The Labute approximate surface area is 191 Å². The van der Waals surface area contributed by atoms with Crippen LogP contribution in [0.15, 0.2) is 42.6 Å². The number of nitrogens with zero attached hydrogens (tertiary/aromatic N) is 3. The quantitative estimate of drug-likeness (QED) is 0.783. The summed E-state index contributed by atoms with van der Waals surface area (Å²) in [5.74, 6) is 1.75. The molecule has 0 amide bonds. The second kappa shape index (κ2) is 7.82. The van der Waals surface area contributed by atoms with Crippen LogP contribution in [0.3, 0.4) is 0 Å². The number of piperidine rings is 1. The minimum atomic E-state index is -0.696. The summed E-state index contributed by atoms with van der Waals surface area (Å²) in [7, 11) is 1.75. The van der Waals surface area contributed by atoms with Crippen molar-refractivity contribution < 1.29 is 9.84 Å². The zero-order valence-corrected chi connectivity index (χ0v) is 19.2. The molecule has 170 valence electrons. The number of ether oxygens (including phenoxy) is 1. The standard InChI is InChI=1S/C27H35N3O2/c1-32-23-8-7-21-16-25-27(31)11-14-29(19-22-4-2-3-12-28-22)13-9-26(27,24(21)17-23)10-15-30(25)18-20-5-6-20/h2-4,7-8,12,17,20,25,31H,5-6,9-11,13-16,18-19H2,1H3/t25-,26+,27-/m1/s1. The summed E-state index contributed by atoms with van der Waals surface area (Å²) in [5.41, 5.74) is 2.99. The van der Waals surface area contributed by atoms with Gasteiger partial charge in [-0.15, -0.1) is 0 Å². The highest BCUT2D eigenvalue weighted by molar-refractivity contribution is 5.48. The minimum absolute atomic E-state index is 0.196. The Kier molecular flexibility index (Phi) is 5.05. The van der Waals surface area contributed by atoms with Crippen molar-refractivity contribution in [2.45, 2.75) is 62.1 Å². The molecule has 5 heteroatoms. The van der Waals surface area contributed by atoms with Crippen LogP contribution in [0.25, 0.3) is 0 Å². The van der Waals surface area contributed by atoms with Crippen molar-refractivity contribution >= 4 is 0 Å². The van der Waals surface area contributed by atoms with Crippen molar-refractivity contribution in [3.05, 3.63) is 59.4 Å². The van der Waals surface area contributed by atoms with Crippen LogP contribution in [0.2, 0.25) is 0 Å². The van der Waals surface area contributed by atoms with Gasteiger partial charge >= 0.3 is 0 Å². The first-order valence-corrected chi connectivity index (χ1v) is 12.4. The van der Waals surface area contributed by atoms with E-state index in [4.69, 9.17) is 4.74 Å². The summed E-state index contributed by atoms with van der Waals surface area (Å²) in [6.07, 6.45) is 8.39. The van der Waals surface area contributed by atoms with Crippen LogP contribution in [0, 0.1) is 5.92 Å². The van der Waals surface area contributed by atoms with Gasteiger partial charge in [0.2, 0.25) is 0 Å². The van der Waals surface area contributed by atoms with Crippen LogP contribution in [0.1, 0.15) is 48.9 Å². The molecule has 2 aromatic rings. The van der Waals surface area contributed by atoms with Gasteiger partial charge in [0.1, 0.15) is 5.75 Å². The molecule has 3 atom stereocenters. The van der Waals surface area contributed by atoms with E-state index in [1.807, 2.05) is 12.3 Å². The molecule has 0 spiro atoms. The van der Waals surface area contributed by atoms with E-state index in [9.17, 15) is 5.11 Å². The van der Waals surface area contributed by atoms with E-state index in [1.54, 1.807) is 7.11 Å². The van der Waals surface area contributed by atoms with Crippen molar-refractivity contribution in [3.63, 3.8) is 0 Å². The highest BCUT2D eigenvalue weighted by Crippen LogP contribution is 2.56. The number of methoxy groups -OCH3 is 1. The number of benzene rings is 1. The van der Waals surface area contributed by atoms with Crippen molar-refractivity contribution in [1.29, 1.82) is 0 Å². The second-order valence-corrected chi connectivity index (χ2v) is 10.5. The maximum absolute atomic E-state index is 12.6. The lowest BCUT2D eigenvalue weighted by Crippen LogP contribution is -2.71. The van der Waals surface area contributed by atoms with E-state index < -0.39 is 5.60 Å². The Balaban J connectivity index is 1.38. The molecule has 1 saturated carbocycles. The first-order chi connectivity index (χ1) is 15.6. The average molecular weight is 434 g/mol. The summed E-state index contributed by atoms with van der Waals surface area (Å²) in [4.78, 5) is 9.72. The molecule has 4 aliphatic rings. The third-order valence-electron chi connectivity index (χ3n) is 8.86. The molecule has 3 heterocycles. The number of likely N-dealkylation sites (tertiary alicyclic amines) is 2. The Morgan fingerprint density at radius 3 is 2.72 bits per heavy atom. The maximum Gasteiger partial charge on any atom is 0.119 e. The van der Waals surface area contributed by atoms with E-state index in [0.717, 1.165) is 75.8 Å². The Bertz CT molecular complexity index is 978. The molecule has 2 aliphatic carbocycles. The predicted molar refractivity (Wildman–Crippen MR) is 125 cm³/mol. The van der Waals surface area contributed by atoms with Crippen LogP contribution in [0.4, 0.5) is 0 Å². The monoisotopic (exact) mass is 433 g/mol. The molecule has 2 aliphatic heterocycles. The topological polar surface area (TPSA) is 48.8 Å². The number of aliphatic hydroxyl groups is 1. The van der Waals surface area contributed by atoms with Crippen LogP contribution in [-0.4, -0.2) is 64.8 Å². The van der Waals surface area contributed by atoms with Gasteiger partial charge in [0.25, 0.3) is 0 Å². The number of rotatable bonds is 5. The third kappa shape index (κ3) is 3.28. The molecule has 2 saturated heterocycles. The van der Waals surface area contributed by atoms with E-state index in [1.165, 1.54) is 24.0 Å². The fraction of sp³-hybridized carbons (Fsp3) is 0.593. The lowest BCUT2D eigenvalue weighted by molar-refractivity contribution is -0.149. The molecule has 1 aromatic heterocycles. The van der Waals surface area contributed by atoms with Crippen molar-refractivity contribution in [1.82, 2.24) is 14.8 Å². The Morgan fingerprint density at radius 2 is 1.94 bits per heavy atom. The van der Waals surface area contributed by atoms with Gasteiger partial charge in [0, 0.05) is 37.3 Å². The Morgan fingerprint density at radius 1 is 1.09 bits per heavy atom. The van der Waals surface area contributed by atoms with Gasteiger partial charge in [-0.2, -0.15) is 0 Å². The molecule has 5 nitrogen and oxygen atoms in total. The summed E-state index contributed by atoms with van der Waals surface area (Å²) in [6, 6.07) is 13.0. The van der Waals surface area contributed by atoms with Crippen LogP contribution in [0.5, 0.6) is 5.75 Å². The minimum Gasteiger partial charge on any atom is -0.497 e. The van der Waals surface area contributed by atoms with Gasteiger partial charge in [-0.05, 0) is 92.9 Å². The van der Waals surface area contributed by atoms with Gasteiger partial charge in [-0.25, -0.2) is 0 Å². The average Bonchev–Trinajstić information content (AvgIpc) is 3.64. The number of hydrogen-bond acceptors (Lipinski definition) is 5. The predicted octanol–water partition coefficient (Wildman–Crippen LogP) is 3.40. The molecule has 6 rings (SSSR count). The summed E-state index contributed by atoms with van der Waals surface area (Å²) >= 11 is 0. The highest BCUT2D eigenvalue weighted by atomic mass is 16.5. The summed E-state index contributed by atoms with van der Waals surface area (Å²) in [5, 5.41) is 12.6. The molecule has 1 N–H and O–H groups in total. The van der Waals surface area contributed by atoms with Crippen molar-refractivity contribution in [3.8, 4) is 5.75 Å². The van der Waals surface area contributed by atoms with Gasteiger partial charge in [-0.1, -0.05) is 12.1 Å². The number of aromatic nitrogens is 1. The molecule has 0 unspecified atom stereocenters. The smallest absolute Gasteiger partial charge is 0.119 e. The van der Waals surface area contributed by atoms with Crippen LogP contribution < -0.4 is 4.74 Å². The van der Waals surface area contributed by atoms with Gasteiger partial charge in [0.15, 0.2) is 0 Å².